The van der Waals surface area contributed by atoms with E-state index < -0.39 is 5.97 Å². The quantitative estimate of drug-likeness (QED) is 0.606. The third-order valence-corrected chi connectivity index (χ3v) is 1.85. The van der Waals surface area contributed by atoms with E-state index in [2.05, 4.69) is 17.1 Å². The highest BCUT2D eigenvalue weighted by atomic mass is 16.4. The Bertz CT molecular complexity index is 169. The molecule has 1 unspecified atom stereocenters. The number of nitrogens with zero attached hydrogens (tertiary/aromatic N) is 1. The molecule has 1 rings (SSSR count). The van der Waals surface area contributed by atoms with Crippen LogP contribution >= 0.6 is 0 Å². The second kappa shape index (κ2) is 3.53. The van der Waals surface area contributed by atoms with Crippen molar-refractivity contribution in [2.45, 2.75) is 6.92 Å². The lowest BCUT2D eigenvalue weighted by atomic mass is 10.2. The van der Waals surface area contributed by atoms with Gasteiger partial charge >= 0.3 is 5.97 Å². The number of carbonyl (C=O) groups is 1. The molecule has 0 aliphatic carbocycles. The summed E-state index contributed by atoms with van der Waals surface area (Å²) in [4.78, 5) is 12.5. The van der Waals surface area contributed by atoms with Crippen LogP contribution in [0.15, 0.2) is 12.2 Å². The zero-order chi connectivity index (χ0) is 8.27. The van der Waals surface area contributed by atoms with E-state index in [1.807, 2.05) is 0 Å². The molecule has 0 saturated carbocycles. The van der Waals surface area contributed by atoms with Gasteiger partial charge in [0.25, 0.3) is 0 Å². The monoisotopic (exact) mass is 155 g/mol. The third kappa shape index (κ3) is 2.35. The second-order valence-electron chi connectivity index (χ2n) is 2.93. The third-order valence-electron chi connectivity index (χ3n) is 1.85. The minimum absolute atomic E-state index is 0.255. The summed E-state index contributed by atoms with van der Waals surface area (Å²) in [5.41, 5.74) is 0. The van der Waals surface area contributed by atoms with Gasteiger partial charge in [0.15, 0.2) is 0 Å². The van der Waals surface area contributed by atoms with E-state index in [4.69, 9.17) is 5.11 Å². The van der Waals surface area contributed by atoms with Gasteiger partial charge in [-0.3, -0.25) is 9.69 Å². The van der Waals surface area contributed by atoms with Crippen LogP contribution in [0.2, 0.25) is 0 Å². The maximum Gasteiger partial charge on any atom is 0.307 e. The number of rotatable bonds is 3. The van der Waals surface area contributed by atoms with Gasteiger partial charge in [-0.25, -0.2) is 0 Å². The Morgan fingerprint density at radius 3 is 2.64 bits per heavy atom. The van der Waals surface area contributed by atoms with Gasteiger partial charge in [-0.05, 0) is 0 Å². The maximum absolute atomic E-state index is 10.4. The second-order valence-corrected chi connectivity index (χ2v) is 2.93. The van der Waals surface area contributed by atoms with E-state index in [1.54, 1.807) is 6.92 Å². The van der Waals surface area contributed by atoms with E-state index in [0.717, 1.165) is 13.1 Å². The van der Waals surface area contributed by atoms with Crippen molar-refractivity contribution in [1.29, 1.82) is 0 Å². The highest BCUT2D eigenvalue weighted by molar-refractivity contribution is 5.69. The van der Waals surface area contributed by atoms with Gasteiger partial charge in [0.1, 0.15) is 0 Å². The summed E-state index contributed by atoms with van der Waals surface area (Å²) in [6, 6.07) is 0. The zero-order valence-electron chi connectivity index (χ0n) is 6.66. The molecule has 0 saturated heterocycles. The molecule has 0 aromatic carbocycles. The molecule has 62 valence electrons. The summed E-state index contributed by atoms with van der Waals surface area (Å²) >= 11 is 0. The van der Waals surface area contributed by atoms with Crippen LogP contribution in [-0.4, -0.2) is 35.6 Å². The van der Waals surface area contributed by atoms with E-state index >= 15 is 0 Å². The fraction of sp³-hybridized carbons (Fsp3) is 0.625. The lowest BCUT2D eigenvalue weighted by Gasteiger charge is -2.16. The molecule has 0 amide bonds. The Kier molecular flexibility index (Phi) is 2.65. The van der Waals surface area contributed by atoms with Crippen molar-refractivity contribution in [3.63, 3.8) is 0 Å². The van der Waals surface area contributed by atoms with Gasteiger partial charge in [-0.2, -0.15) is 0 Å². The lowest BCUT2D eigenvalue weighted by molar-refractivity contribution is -0.141. The number of hydrogen-bond acceptors (Lipinski definition) is 2. The van der Waals surface area contributed by atoms with Crippen LogP contribution in [0.25, 0.3) is 0 Å². The summed E-state index contributed by atoms with van der Waals surface area (Å²) in [5.74, 6) is -0.966. The summed E-state index contributed by atoms with van der Waals surface area (Å²) in [5, 5.41) is 8.60. The van der Waals surface area contributed by atoms with Gasteiger partial charge < -0.3 is 5.11 Å². The Morgan fingerprint density at radius 2 is 2.18 bits per heavy atom. The number of aliphatic carboxylic acids is 1. The number of hydrogen-bond donors (Lipinski definition) is 1. The average Bonchev–Trinajstić information content (AvgIpc) is 2.39. The van der Waals surface area contributed by atoms with E-state index in [-0.39, 0.29) is 5.92 Å². The van der Waals surface area contributed by atoms with Crippen LogP contribution in [0, 0.1) is 5.92 Å². The van der Waals surface area contributed by atoms with E-state index in [9.17, 15) is 4.79 Å². The fourth-order valence-electron chi connectivity index (χ4n) is 1.14. The molecule has 3 heteroatoms. The maximum atomic E-state index is 10.4. The van der Waals surface area contributed by atoms with Gasteiger partial charge in [-0.1, -0.05) is 19.1 Å². The SMILES string of the molecule is CC(CN1CC=CC1)C(=O)O. The molecule has 0 spiro atoms. The molecule has 0 bridgehead atoms. The molecular weight excluding hydrogens is 142 g/mol. The summed E-state index contributed by atoms with van der Waals surface area (Å²) < 4.78 is 0. The number of carboxylic acids is 1. The van der Waals surface area contributed by atoms with E-state index in [0.29, 0.717) is 6.54 Å². The first-order chi connectivity index (χ1) is 5.20. The minimum Gasteiger partial charge on any atom is -0.481 e. The van der Waals surface area contributed by atoms with Crippen LogP contribution in [0.3, 0.4) is 0 Å². The van der Waals surface area contributed by atoms with Crippen molar-refractivity contribution in [1.82, 2.24) is 4.90 Å². The Balaban J connectivity index is 2.25. The normalized spacial score (nSPS) is 20.5. The Labute approximate surface area is 66.3 Å². The topological polar surface area (TPSA) is 40.5 Å². The zero-order valence-corrected chi connectivity index (χ0v) is 6.66. The molecule has 3 nitrogen and oxygen atoms in total. The molecule has 0 aromatic heterocycles. The van der Waals surface area contributed by atoms with Gasteiger partial charge in [0.2, 0.25) is 0 Å². The molecule has 1 aliphatic rings. The van der Waals surface area contributed by atoms with Crippen molar-refractivity contribution in [2.24, 2.45) is 5.92 Å². The standard InChI is InChI=1S/C8H13NO2/c1-7(8(10)11)6-9-4-2-3-5-9/h2-3,7H,4-6H2,1H3,(H,10,11). The summed E-state index contributed by atoms with van der Waals surface area (Å²) in [7, 11) is 0. The first kappa shape index (κ1) is 8.27. The summed E-state index contributed by atoms with van der Waals surface area (Å²) in [6.45, 7) is 4.19. The number of carboxylic acid groups (broad SMARTS) is 1. The molecule has 1 heterocycles. The lowest BCUT2D eigenvalue weighted by Crippen LogP contribution is -2.29. The highest BCUT2D eigenvalue weighted by Crippen LogP contribution is 2.04. The van der Waals surface area contributed by atoms with Crippen molar-refractivity contribution in [3.8, 4) is 0 Å². The average molecular weight is 155 g/mol. The Hall–Kier alpha value is -0.830. The van der Waals surface area contributed by atoms with Crippen LogP contribution in [0.5, 0.6) is 0 Å². The first-order valence-corrected chi connectivity index (χ1v) is 3.80. The first-order valence-electron chi connectivity index (χ1n) is 3.80. The molecule has 1 N–H and O–H groups in total. The van der Waals surface area contributed by atoms with Crippen molar-refractivity contribution in [3.05, 3.63) is 12.2 Å². The van der Waals surface area contributed by atoms with Crippen molar-refractivity contribution < 1.29 is 9.90 Å². The molecule has 1 aliphatic heterocycles. The molecule has 0 aromatic rings. The fourth-order valence-corrected chi connectivity index (χ4v) is 1.14. The molecule has 1 atom stereocenters. The van der Waals surface area contributed by atoms with Crippen LogP contribution in [-0.2, 0) is 4.79 Å². The highest BCUT2D eigenvalue weighted by Gasteiger charge is 2.15. The molecular formula is C8H13NO2. The largest absolute Gasteiger partial charge is 0.481 e. The van der Waals surface area contributed by atoms with Gasteiger partial charge in [-0.15, -0.1) is 0 Å². The molecule has 11 heavy (non-hydrogen) atoms. The van der Waals surface area contributed by atoms with E-state index in [1.165, 1.54) is 0 Å². The van der Waals surface area contributed by atoms with Crippen molar-refractivity contribution in [2.75, 3.05) is 19.6 Å². The Morgan fingerprint density at radius 1 is 1.64 bits per heavy atom. The summed E-state index contributed by atoms with van der Waals surface area (Å²) in [6.07, 6.45) is 4.13. The van der Waals surface area contributed by atoms with Gasteiger partial charge in [0, 0.05) is 19.6 Å². The van der Waals surface area contributed by atoms with Crippen LogP contribution < -0.4 is 0 Å². The van der Waals surface area contributed by atoms with Crippen LogP contribution in [0.4, 0.5) is 0 Å². The predicted molar refractivity (Wildman–Crippen MR) is 42.4 cm³/mol. The predicted octanol–water partition coefficient (Wildman–Crippen LogP) is 0.579. The van der Waals surface area contributed by atoms with Gasteiger partial charge in [0.05, 0.1) is 5.92 Å². The smallest absolute Gasteiger partial charge is 0.307 e. The minimum atomic E-state index is -0.711. The molecule has 0 radical (unpaired) electrons. The molecule has 0 fully saturated rings. The van der Waals surface area contributed by atoms with Crippen molar-refractivity contribution >= 4 is 5.97 Å². The van der Waals surface area contributed by atoms with Crippen LogP contribution in [0.1, 0.15) is 6.92 Å².